The fraction of sp³-hybridized carbons (Fsp3) is 0.400. The van der Waals surface area contributed by atoms with Crippen LogP contribution in [-0.4, -0.2) is 16.9 Å². The van der Waals surface area contributed by atoms with E-state index >= 15 is 0 Å². The molecule has 1 fully saturated rings. The number of pyridine rings is 1. The summed E-state index contributed by atoms with van der Waals surface area (Å²) in [6.45, 7) is 1.78. The second-order valence-corrected chi connectivity index (χ2v) is 5.58. The molecule has 18 heavy (non-hydrogen) atoms. The van der Waals surface area contributed by atoms with Gasteiger partial charge in [0.2, 0.25) is 0 Å². The number of alkyl halides is 1. The number of nitrogens with one attached hydrogen (secondary N) is 1. The highest BCUT2D eigenvalue weighted by Crippen LogP contribution is 2.35. The zero-order chi connectivity index (χ0) is 12.4. The molecule has 1 unspecified atom stereocenters. The summed E-state index contributed by atoms with van der Waals surface area (Å²) in [5.74, 6) is 0.750. The Morgan fingerprint density at radius 1 is 1.33 bits per heavy atom. The lowest BCUT2D eigenvalue weighted by Gasteiger charge is -2.10. The van der Waals surface area contributed by atoms with Crippen LogP contribution < -0.4 is 5.32 Å². The monoisotopic (exact) mass is 260 g/mol. The first-order valence-corrected chi connectivity index (χ1v) is 6.95. The van der Waals surface area contributed by atoms with E-state index in [0.29, 0.717) is 5.38 Å². The van der Waals surface area contributed by atoms with Crippen molar-refractivity contribution in [2.45, 2.75) is 24.8 Å². The maximum atomic E-state index is 6.27. The molecule has 3 heteroatoms. The fourth-order valence-electron chi connectivity index (χ4n) is 2.21. The molecule has 0 bridgehead atoms. The number of rotatable bonds is 5. The smallest absolute Gasteiger partial charge is 0.0702 e. The molecule has 94 valence electrons. The lowest BCUT2D eigenvalue weighted by atomic mass is 10.1. The Morgan fingerprint density at radius 3 is 3.06 bits per heavy atom. The van der Waals surface area contributed by atoms with E-state index in [4.69, 9.17) is 11.6 Å². The first-order valence-electron chi connectivity index (χ1n) is 6.51. The standard InChI is InChI=1S/C15H17ClN2/c16-14(12-4-5-12)10-17-9-11-3-6-15-13(8-11)2-1-7-18-15/h1-3,6-8,12,14,17H,4-5,9-10H2. The summed E-state index contributed by atoms with van der Waals surface area (Å²) >= 11 is 6.27. The zero-order valence-corrected chi connectivity index (χ0v) is 11.0. The highest BCUT2D eigenvalue weighted by Gasteiger charge is 2.28. The van der Waals surface area contributed by atoms with Crippen LogP contribution >= 0.6 is 11.6 Å². The molecule has 0 saturated heterocycles. The molecule has 2 nitrogen and oxygen atoms in total. The summed E-state index contributed by atoms with van der Waals surface area (Å²) in [5.41, 5.74) is 2.34. The molecule has 1 atom stereocenters. The molecule has 1 N–H and O–H groups in total. The van der Waals surface area contributed by atoms with Crippen molar-refractivity contribution in [3.8, 4) is 0 Å². The SMILES string of the molecule is ClC(CNCc1ccc2ncccc2c1)C1CC1. The predicted molar refractivity (Wildman–Crippen MR) is 75.8 cm³/mol. The minimum atomic E-state index is 0.298. The van der Waals surface area contributed by atoms with E-state index in [0.717, 1.165) is 24.5 Å². The largest absolute Gasteiger partial charge is 0.311 e. The second-order valence-electron chi connectivity index (χ2n) is 5.01. The predicted octanol–water partition coefficient (Wildman–Crippen LogP) is 3.34. The van der Waals surface area contributed by atoms with Crippen LogP contribution in [0.25, 0.3) is 10.9 Å². The quantitative estimate of drug-likeness (QED) is 0.834. The number of nitrogens with zero attached hydrogens (tertiary/aromatic N) is 1. The maximum Gasteiger partial charge on any atom is 0.0702 e. The highest BCUT2D eigenvalue weighted by atomic mass is 35.5. The highest BCUT2D eigenvalue weighted by molar-refractivity contribution is 6.21. The molecule has 1 aliphatic rings. The van der Waals surface area contributed by atoms with Gasteiger partial charge in [-0.1, -0.05) is 12.1 Å². The van der Waals surface area contributed by atoms with Crippen molar-refractivity contribution in [1.29, 1.82) is 0 Å². The topological polar surface area (TPSA) is 24.9 Å². The third kappa shape index (κ3) is 2.82. The Hall–Kier alpha value is -1.12. The summed E-state index contributed by atoms with van der Waals surface area (Å²) in [7, 11) is 0. The first kappa shape index (κ1) is 11.9. The van der Waals surface area contributed by atoms with Crippen molar-refractivity contribution < 1.29 is 0 Å². The van der Waals surface area contributed by atoms with Gasteiger partial charge in [0.05, 0.1) is 5.52 Å². The third-order valence-electron chi connectivity index (χ3n) is 3.47. The number of halogens is 1. The van der Waals surface area contributed by atoms with Gasteiger partial charge in [0.15, 0.2) is 0 Å². The zero-order valence-electron chi connectivity index (χ0n) is 10.3. The van der Waals surface area contributed by atoms with Gasteiger partial charge in [0, 0.05) is 30.0 Å². The van der Waals surface area contributed by atoms with Crippen LogP contribution in [0.15, 0.2) is 36.5 Å². The lowest BCUT2D eigenvalue weighted by Crippen LogP contribution is -2.24. The molecular weight excluding hydrogens is 244 g/mol. The van der Waals surface area contributed by atoms with E-state index in [-0.39, 0.29) is 0 Å². The minimum absolute atomic E-state index is 0.298. The van der Waals surface area contributed by atoms with Crippen molar-refractivity contribution in [3.05, 3.63) is 42.1 Å². The Morgan fingerprint density at radius 2 is 2.22 bits per heavy atom. The molecule has 3 rings (SSSR count). The van der Waals surface area contributed by atoms with Gasteiger partial charge in [-0.05, 0) is 42.5 Å². The van der Waals surface area contributed by atoms with Gasteiger partial charge in [0.25, 0.3) is 0 Å². The molecule has 1 saturated carbocycles. The van der Waals surface area contributed by atoms with Gasteiger partial charge < -0.3 is 5.32 Å². The molecule has 0 aliphatic heterocycles. The van der Waals surface area contributed by atoms with E-state index in [9.17, 15) is 0 Å². The molecule has 1 heterocycles. The van der Waals surface area contributed by atoms with Crippen molar-refractivity contribution in [2.75, 3.05) is 6.54 Å². The van der Waals surface area contributed by atoms with E-state index < -0.39 is 0 Å². The van der Waals surface area contributed by atoms with Crippen molar-refractivity contribution in [1.82, 2.24) is 10.3 Å². The van der Waals surface area contributed by atoms with Gasteiger partial charge in [0.1, 0.15) is 0 Å². The molecular formula is C15H17ClN2. The Labute approximate surface area is 112 Å². The van der Waals surface area contributed by atoms with Gasteiger partial charge in [-0.25, -0.2) is 0 Å². The van der Waals surface area contributed by atoms with Crippen LogP contribution in [0, 0.1) is 5.92 Å². The van der Waals surface area contributed by atoms with Gasteiger partial charge in [-0.2, -0.15) is 0 Å². The second kappa shape index (κ2) is 5.25. The Kier molecular flexibility index (Phi) is 3.48. The Balaban J connectivity index is 1.60. The van der Waals surface area contributed by atoms with E-state index in [2.05, 4.69) is 34.6 Å². The molecule has 1 aromatic heterocycles. The molecule has 2 aromatic rings. The average molecular weight is 261 g/mol. The van der Waals surface area contributed by atoms with Gasteiger partial charge >= 0.3 is 0 Å². The van der Waals surface area contributed by atoms with Crippen LogP contribution in [0.3, 0.4) is 0 Å². The van der Waals surface area contributed by atoms with Crippen LogP contribution in [0.1, 0.15) is 18.4 Å². The summed E-state index contributed by atoms with van der Waals surface area (Å²) in [4.78, 5) is 4.32. The molecule has 0 spiro atoms. The molecule has 1 aliphatic carbocycles. The average Bonchev–Trinajstić information content (AvgIpc) is 3.23. The minimum Gasteiger partial charge on any atom is -0.311 e. The van der Waals surface area contributed by atoms with Crippen LogP contribution in [0.2, 0.25) is 0 Å². The van der Waals surface area contributed by atoms with Crippen molar-refractivity contribution >= 4 is 22.5 Å². The maximum absolute atomic E-state index is 6.27. The van der Waals surface area contributed by atoms with Crippen LogP contribution in [-0.2, 0) is 6.54 Å². The lowest BCUT2D eigenvalue weighted by molar-refractivity contribution is 0.620. The summed E-state index contributed by atoms with van der Waals surface area (Å²) in [5, 5.41) is 4.93. The van der Waals surface area contributed by atoms with E-state index in [1.807, 2.05) is 12.3 Å². The first-order chi connectivity index (χ1) is 8.83. The fourth-order valence-corrected chi connectivity index (χ4v) is 2.58. The van der Waals surface area contributed by atoms with Gasteiger partial charge in [-0.15, -0.1) is 11.6 Å². The third-order valence-corrected chi connectivity index (χ3v) is 3.98. The van der Waals surface area contributed by atoms with Crippen LogP contribution in [0.4, 0.5) is 0 Å². The summed E-state index contributed by atoms with van der Waals surface area (Å²) < 4.78 is 0. The molecule has 1 aromatic carbocycles. The van der Waals surface area contributed by atoms with E-state index in [1.54, 1.807) is 0 Å². The number of benzene rings is 1. The van der Waals surface area contributed by atoms with Gasteiger partial charge in [-0.3, -0.25) is 4.98 Å². The van der Waals surface area contributed by atoms with Crippen molar-refractivity contribution in [3.63, 3.8) is 0 Å². The number of hydrogen-bond acceptors (Lipinski definition) is 2. The normalized spacial score (nSPS) is 16.9. The summed E-state index contributed by atoms with van der Waals surface area (Å²) in [6.07, 6.45) is 4.43. The number of hydrogen-bond donors (Lipinski definition) is 1. The van der Waals surface area contributed by atoms with Crippen molar-refractivity contribution in [2.24, 2.45) is 5.92 Å². The summed E-state index contributed by atoms with van der Waals surface area (Å²) in [6, 6.07) is 10.5. The number of fused-ring (bicyclic) bond motifs is 1. The van der Waals surface area contributed by atoms with E-state index in [1.165, 1.54) is 23.8 Å². The van der Waals surface area contributed by atoms with Crippen LogP contribution in [0.5, 0.6) is 0 Å². The molecule has 0 amide bonds. The number of aromatic nitrogens is 1. The Bertz CT molecular complexity index is 537. The molecule has 0 radical (unpaired) electrons.